The van der Waals surface area contributed by atoms with Crippen LogP contribution in [-0.2, 0) is 9.53 Å². The molecule has 0 saturated carbocycles. The van der Waals surface area contributed by atoms with Gasteiger partial charge in [0.05, 0.1) is 6.04 Å². The minimum absolute atomic E-state index is 0.209. The Morgan fingerprint density at radius 2 is 2.07 bits per heavy atom. The molecule has 2 amide bonds. The molecule has 1 aliphatic rings. The van der Waals surface area contributed by atoms with Gasteiger partial charge in [0, 0.05) is 12.5 Å². The van der Waals surface area contributed by atoms with Crippen molar-refractivity contribution in [2.75, 3.05) is 0 Å². The van der Waals surface area contributed by atoms with Crippen molar-refractivity contribution in [2.45, 2.75) is 51.8 Å². The average Bonchev–Trinajstić information content (AvgIpc) is 2.22. The zero-order valence-corrected chi connectivity index (χ0v) is 9.61. The normalized spacial score (nSPS) is 27.0. The van der Waals surface area contributed by atoms with Gasteiger partial charge in [0.1, 0.15) is 5.60 Å². The Morgan fingerprint density at radius 1 is 1.53 bits per heavy atom. The van der Waals surface area contributed by atoms with Crippen molar-refractivity contribution in [3.63, 3.8) is 0 Å². The van der Waals surface area contributed by atoms with Crippen molar-refractivity contribution >= 4 is 12.0 Å². The molecule has 2 N–H and O–H groups in total. The first-order valence-corrected chi connectivity index (χ1v) is 5.03. The summed E-state index contributed by atoms with van der Waals surface area (Å²) in [5.41, 5.74) is 5.10. The summed E-state index contributed by atoms with van der Waals surface area (Å²) < 4.78 is 5.12. The largest absolute Gasteiger partial charge is 0.443 e. The van der Waals surface area contributed by atoms with Crippen molar-refractivity contribution < 1.29 is 14.3 Å². The van der Waals surface area contributed by atoms with Gasteiger partial charge in [-0.15, -0.1) is 0 Å². The topological polar surface area (TPSA) is 72.6 Å². The Hall–Kier alpha value is -1.10. The maximum absolute atomic E-state index is 11.7. The SMILES string of the molecule is C[C@H]1[C@@H](N)CC(=O)N1C(=O)OC(C)(C)C. The van der Waals surface area contributed by atoms with Crippen LogP contribution >= 0.6 is 0 Å². The van der Waals surface area contributed by atoms with Gasteiger partial charge in [0.15, 0.2) is 0 Å². The number of hydrogen-bond donors (Lipinski definition) is 1. The molecule has 1 saturated heterocycles. The molecule has 86 valence electrons. The summed E-state index contributed by atoms with van der Waals surface area (Å²) >= 11 is 0. The molecule has 0 aliphatic carbocycles. The van der Waals surface area contributed by atoms with E-state index in [4.69, 9.17) is 10.5 Å². The van der Waals surface area contributed by atoms with Gasteiger partial charge in [-0.05, 0) is 27.7 Å². The fourth-order valence-electron chi connectivity index (χ4n) is 1.47. The zero-order chi connectivity index (χ0) is 11.8. The monoisotopic (exact) mass is 214 g/mol. The van der Waals surface area contributed by atoms with Gasteiger partial charge < -0.3 is 10.5 Å². The molecule has 1 rings (SSSR count). The minimum Gasteiger partial charge on any atom is -0.443 e. The number of rotatable bonds is 0. The van der Waals surface area contributed by atoms with E-state index in [9.17, 15) is 9.59 Å². The van der Waals surface area contributed by atoms with Crippen molar-refractivity contribution in [3.8, 4) is 0 Å². The molecule has 0 unspecified atom stereocenters. The average molecular weight is 214 g/mol. The molecule has 2 atom stereocenters. The first kappa shape index (κ1) is 12.0. The standard InChI is InChI=1S/C10H18N2O3/c1-6-7(11)5-8(13)12(6)9(14)15-10(2,3)4/h6-7H,5,11H2,1-4H3/t6-,7-/m0/s1. The molecule has 1 heterocycles. The lowest BCUT2D eigenvalue weighted by atomic mass is 10.2. The molecule has 5 heteroatoms. The van der Waals surface area contributed by atoms with Crippen LogP contribution in [-0.4, -0.2) is 34.6 Å². The predicted molar refractivity (Wildman–Crippen MR) is 55.1 cm³/mol. The summed E-state index contributed by atoms with van der Waals surface area (Å²) in [4.78, 5) is 24.2. The second-order valence-corrected chi connectivity index (χ2v) is 4.85. The number of nitrogens with two attached hydrogens (primary N) is 1. The summed E-state index contributed by atoms with van der Waals surface area (Å²) in [7, 11) is 0. The second-order valence-electron chi connectivity index (χ2n) is 4.85. The van der Waals surface area contributed by atoms with Crippen LogP contribution in [0.4, 0.5) is 4.79 Å². The zero-order valence-electron chi connectivity index (χ0n) is 9.61. The van der Waals surface area contributed by atoms with E-state index in [1.807, 2.05) is 0 Å². The number of carbonyl (C=O) groups excluding carboxylic acids is 2. The van der Waals surface area contributed by atoms with Crippen LogP contribution in [0.1, 0.15) is 34.1 Å². The van der Waals surface area contributed by atoms with Crippen molar-refractivity contribution in [1.82, 2.24) is 4.90 Å². The number of amides is 2. The quantitative estimate of drug-likeness (QED) is 0.649. The summed E-state index contributed by atoms with van der Waals surface area (Å²) in [6, 6.07) is -0.572. The van der Waals surface area contributed by atoms with Crippen LogP contribution in [0.3, 0.4) is 0 Å². The van der Waals surface area contributed by atoms with Crippen LogP contribution in [0, 0.1) is 0 Å². The maximum atomic E-state index is 11.7. The van der Waals surface area contributed by atoms with E-state index in [-0.39, 0.29) is 24.4 Å². The van der Waals surface area contributed by atoms with Crippen molar-refractivity contribution in [3.05, 3.63) is 0 Å². The van der Waals surface area contributed by atoms with Gasteiger partial charge in [-0.1, -0.05) is 0 Å². The summed E-state index contributed by atoms with van der Waals surface area (Å²) in [5.74, 6) is -0.260. The Balaban J connectivity index is 2.72. The van der Waals surface area contributed by atoms with Gasteiger partial charge >= 0.3 is 6.09 Å². The van der Waals surface area contributed by atoms with Gasteiger partial charge in [0.2, 0.25) is 5.91 Å². The second kappa shape index (κ2) is 3.81. The smallest absolute Gasteiger partial charge is 0.417 e. The van der Waals surface area contributed by atoms with Crippen molar-refractivity contribution in [2.24, 2.45) is 5.73 Å². The lowest BCUT2D eigenvalue weighted by Gasteiger charge is -2.26. The lowest BCUT2D eigenvalue weighted by molar-refractivity contribution is -0.127. The number of ether oxygens (including phenoxy) is 1. The summed E-state index contributed by atoms with van der Waals surface area (Å²) in [5, 5.41) is 0. The van der Waals surface area contributed by atoms with Crippen LogP contribution < -0.4 is 5.73 Å². The first-order valence-electron chi connectivity index (χ1n) is 5.03. The lowest BCUT2D eigenvalue weighted by Crippen LogP contribution is -2.44. The van der Waals surface area contributed by atoms with E-state index in [1.54, 1.807) is 27.7 Å². The number of imide groups is 1. The Morgan fingerprint density at radius 3 is 2.40 bits per heavy atom. The predicted octanol–water partition coefficient (Wildman–Crippen LogP) is 0.870. The van der Waals surface area contributed by atoms with Crippen LogP contribution in [0.2, 0.25) is 0 Å². The molecule has 0 aromatic carbocycles. The van der Waals surface area contributed by atoms with E-state index in [0.29, 0.717) is 0 Å². The van der Waals surface area contributed by atoms with Crippen LogP contribution in [0.15, 0.2) is 0 Å². The fourth-order valence-corrected chi connectivity index (χ4v) is 1.47. The Labute approximate surface area is 89.6 Å². The van der Waals surface area contributed by atoms with Crippen molar-refractivity contribution in [1.29, 1.82) is 0 Å². The molecular weight excluding hydrogens is 196 g/mol. The minimum atomic E-state index is -0.604. The van der Waals surface area contributed by atoms with Gasteiger partial charge in [0.25, 0.3) is 0 Å². The molecule has 0 radical (unpaired) electrons. The molecule has 5 nitrogen and oxygen atoms in total. The van der Waals surface area contributed by atoms with Crippen LogP contribution in [0.5, 0.6) is 0 Å². The van der Waals surface area contributed by atoms with E-state index >= 15 is 0 Å². The molecule has 0 aromatic rings. The Bertz CT molecular complexity index is 283. The highest BCUT2D eigenvalue weighted by Crippen LogP contribution is 2.20. The maximum Gasteiger partial charge on any atom is 0.417 e. The highest BCUT2D eigenvalue weighted by atomic mass is 16.6. The van der Waals surface area contributed by atoms with E-state index in [2.05, 4.69) is 0 Å². The molecule has 0 bridgehead atoms. The van der Waals surface area contributed by atoms with Gasteiger partial charge in [-0.25, -0.2) is 9.69 Å². The van der Waals surface area contributed by atoms with Crippen LogP contribution in [0.25, 0.3) is 0 Å². The highest BCUT2D eigenvalue weighted by molar-refractivity contribution is 5.94. The third kappa shape index (κ3) is 2.68. The van der Waals surface area contributed by atoms with E-state index < -0.39 is 11.7 Å². The molecule has 1 aliphatic heterocycles. The summed E-state index contributed by atoms with van der Waals surface area (Å²) in [6.45, 7) is 7.03. The number of carbonyl (C=O) groups is 2. The number of likely N-dealkylation sites (tertiary alicyclic amines) is 1. The third-order valence-electron chi connectivity index (χ3n) is 2.30. The molecule has 0 aromatic heterocycles. The highest BCUT2D eigenvalue weighted by Gasteiger charge is 2.40. The first-order chi connectivity index (χ1) is 6.72. The van der Waals surface area contributed by atoms with E-state index in [0.717, 1.165) is 4.90 Å². The number of hydrogen-bond acceptors (Lipinski definition) is 4. The Kier molecular flexibility index (Phi) is 3.04. The van der Waals surface area contributed by atoms with Gasteiger partial charge in [-0.3, -0.25) is 4.79 Å². The van der Waals surface area contributed by atoms with Gasteiger partial charge in [-0.2, -0.15) is 0 Å². The molecular formula is C10H18N2O3. The molecule has 1 fully saturated rings. The van der Waals surface area contributed by atoms with E-state index in [1.165, 1.54) is 0 Å². The number of nitrogens with zero attached hydrogens (tertiary/aromatic N) is 1. The summed E-state index contributed by atoms with van der Waals surface area (Å²) in [6.07, 6.45) is -0.395. The molecule has 0 spiro atoms. The fraction of sp³-hybridized carbons (Fsp3) is 0.800. The third-order valence-corrected chi connectivity index (χ3v) is 2.30. The molecule has 15 heavy (non-hydrogen) atoms.